The van der Waals surface area contributed by atoms with Crippen LogP contribution in [0.3, 0.4) is 0 Å². The molecule has 0 bridgehead atoms. The molecule has 0 spiro atoms. The van der Waals surface area contributed by atoms with Gasteiger partial charge in [0.1, 0.15) is 11.7 Å². The molecule has 5 heteroatoms. The van der Waals surface area contributed by atoms with Crippen LogP contribution in [0.4, 0.5) is 0 Å². The van der Waals surface area contributed by atoms with E-state index in [2.05, 4.69) is 0 Å². The summed E-state index contributed by atoms with van der Waals surface area (Å²) in [7, 11) is 1.45. The molecular weight excluding hydrogens is 328 g/mol. The Morgan fingerprint density at radius 3 is 2.25 bits per heavy atom. The summed E-state index contributed by atoms with van der Waals surface area (Å²) in [6.45, 7) is 3.47. The zero-order chi connectivity index (χ0) is 17.7. The first-order chi connectivity index (χ1) is 11.5. The number of carbonyl (C=O) groups is 2. The lowest BCUT2D eigenvalue weighted by molar-refractivity contribution is -0.147. The maximum absolute atomic E-state index is 13.1. The van der Waals surface area contributed by atoms with Crippen molar-refractivity contribution < 1.29 is 19.1 Å². The highest BCUT2D eigenvalue weighted by atomic mass is 35.5. The van der Waals surface area contributed by atoms with Gasteiger partial charge in [-0.15, -0.1) is 0 Å². The van der Waals surface area contributed by atoms with Crippen LogP contribution in [-0.2, 0) is 9.53 Å². The lowest BCUT2D eigenvalue weighted by atomic mass is 9.90. The van der Waals surface area contributed by atoms with Crippen molar-refractivity contribution in [1.29, 1.82) is 0 Å². The molecule has 0 N–H and O–H groups in total. The second-order valence-electron chi connectivity index (χ2n) is 5.51. The lowest BCUT2D eigenvalue weighted by Crippen LogP contribution is -2.27. The molecule has 24 heavy (non-hydrogen) atoms. The molecule has 0 radical (unpaired) electrons. The van der Waals surface area contributed by atoms with Gasteiger partial charge < -0.3 is 9.47 Å². The topological polar surface area (TPSA) is 52.6 Å². The third-order valence-corrected chi connectivity index (χ3v) is 3.74. The Morgan fingerprint density at radius 1 is 1.00 bits per heavy atom. The summed E-state index contributed by atoms with van der Waals surface area (Å²) in [5.41, 5.74) is 0.728. The quantitative estimate of drug-likeness (QED) is 0.445. The summed E-state index contributed by atoms with van der Waals surface area (Å²) in [5, 5.41) is 0.234. The van der Waals surface area contributed by atoms with Gasteiger partial charge in [-0.3, -0.25) is 9.59 Å². The van der Waals surface area contributed by atoms with Crippen LogP contribution in [-0.4, -0.2) is 25.0 Å². The maximum atomic E-state index is 13.1. The molecule has 0 fully saturated rings. The number of esters is 1. The van der Waals surface area contributed by atoms with Crippen LogP contribution >= 0.6 is 11.6 Å². The van der Waals surface area contributed by atoms with Crippen LogP contribution in [0, 0.1) is 0 Å². The predicted octanol–water partition coefficient (Wildman–Crippen LogP) is 4.27. The Kier molecular flexibility index (Phi) is 5.99. The van der Waals surface area contributed by atoms with Crippen LogP contribution < -0.4 is 4.74 Å². The number of hydrogen-bond donors (Lipinski definition) is 0. The fourth-order valence-electron chi connectivity index (χ4n) is 2.40. The fourth-order valence-corrected chi connectivity index (χ4v) is 2.66. The zero-order valence-electron chi connectivity index (χ0n) is 13.8. The molecule has 2 aromatic carbocycles. The number of hydrogen-bond acceptors (Lipinski definition) is 4. The highest BCUT2D eigenvalue weighted by Crippen LogP contribution is 2.32. The van der Waals surface area contributed by atoms with Crippen molar-refractivity contribution >= 4 is 23.4 Å². The van der Waals surface area contributed by atoms with Crippen molar-refractivity contribution in [2.75, 3.05) is 7.11 Å². The molecule has 0 heterocycles. The number of ether oxygens (including phenoxy) is 2. The molecular formula is C19H19ClO4. The van der Waals surface area contributed by atoms with E-state index in [9.17, 15) is 9.59 Å². The smallest absolute Gasteiger partial charge is 0.321 e. The van der Waals surface area contributed by atoms with Gasteiger partial charge in [0.25, 0.3) is 0 Å². The van der Waals surface area contributed by atoms with Gasteiger partial charge >= 0.3 is 5.97 Å². The average Bonchev–Trinajstić information content (AvgIpc) is 2.54. The number of Topliss-reactive ketones (excluding diaryl/α,β-unsaturated/α-hetero) is 1. The number of benzene rings is 2. The number of halogens is 1. The van der Waals surface area contributed by atoms with Gasteiger partial charge in [-0.1, -0.05) is 48.0 Å². The van der Waals surface area contributed by atoms with Crippen LogP contribution in [0.15, 0.2) is 48.5 Å². The number of methoxy groups -OCH3 is 1. The van der Waals surface area contributed by atoms with Gasteiger partial charge in [0.05, 0.1) is 23.8 Å². The average molecular weight is 347 g/mol. The Labute approximate surface area is 146 Å². The molecule has 1 unspecified atom stereocenters. The van der Waals surface area contributed by atoms with E-state index in [1.165, 1.54) is 7.11 Å². The molecule has 0 amide bonds. The molecule has 0 saturated heterocycles. The number of ketones is 1. The van der Waals surface area contributed by atoms with E-state index in [0.29, 0.717) is 11.3 Å². The van der Waals surface area contributed by atoms with Gasteiger partial charge in [-0.05, 0) is 31.5 Å². The van der Waals surface area contributed by atoms with Crippen molar-refractivity contribution in [2.24, 2.45) is 0 Å². The minimum Gasteiger partial charge on any atom is -0.496 e. The first-order valence-electron chi connectivity index (χ1n) is 7.57. The molecule has 0 saturated carbocycles. The molecule has 0 aliphatic rings. The highest BCUT2D eigenvalue weighted by molar-refractivity contribution is 6.35. The van der Waals surface area contributed by atoms with E-state index in [1.807, 2.05) is 6.07 Å². The summed E-state index contributed by atoms with van der Waals surface area (Å²) in [6.07, 6.45) is -0.329. The van der Waals surface area contributed by atoms with Crippen molar-refractivity contribution in [3.63, 3.8) is 0 Å². The van der Waals surface area contributed by atoms with Crippen molar-refractivity contribution in [2.45, 2.75) is 25.9 Å². The van der Waals surface area contributed by atoms with Gasteiger partial charge in [-0.2, -0.15) is 0 Å². The predicted molar refractivity (Wildman–Crippen MR) is 92.7 cm³/mol. The van der Waals surface area contributed by atoms with Gasteiger partial charge in [0, 0.05) is 0 Å². The van der Waals surface area contributed by atoms with Crippen LogP contribution in [0.2, 0.25) is 5.02 Å². The summed E-state index contributed by atoms with van der Waals surface area (Å²) in [6, 6.07) is 13.7. The number of carbonyl (C=O) groups excluding carboxylic acids is 2. The van der Waals surface area contributed by atoms with Crippen molar-refractivity contribution in [3.8, 4) is 5.75 Å². The zero-order valence-corrected chi connectivity index (χ0v) is 14.5. The van der Waals surface area contributed by atoms with Crippen LogP contribution in [0.1, 0.15) is 35.7 Å². The van der Waals surface area contributed by atoms with E-state index < -0.39 is 17.7 Å². The minimum atomic E-state index is -1.10. The van der Waals surface area contributed by atoms with Gasteiger partial charge in [0.2, 0.25) is 0 Å². The molecule has 1 atom stereocenters. The van der Waals surface area contributed by atoms with Gasteiger partial charge in [-0.25, -0.2) is 0 Å². The maximum Gasteiger partial charge on any atom is 0.321 e. The second-order valence-corrected chi connectivity index (χ2v) is 5.92. The van der Waals surface area contributed by atoms with Crippen LogP contribution in [0.5, 0.6) is 5.75 Å². The largest absolute Gasteiger partial charge is 0.496 e. The Bertz CT molecular complexity index is 725. The Morgan fingerprint density at radius 2 is 1.67 bits per heavy atom. The van der Waals surface area contributed by atoms with E-state index in [0.717, 1.165) is 0 Å². The third kappa shape index (κ3) is 3.95. The van der Waals surface area contributed by atoms with Gasteiger partial charge in [0.15, 0.2) is 5.78 Å². The van der Waals surface area contributed by atoms with E-state index in [4.69, 9.17) is 21.1 Å². The monoisotopic (exact) mass is 346 g/mol. The van der Waals surface area contributed by atoms with E-state index >= 15 is 0 Å². The first-order valence-corrected chi connectivity index (χ1v) is 7.95. The Hall–Kier alpha value is -2.33. The molecule has 2 aromatic rings. The molecule has 4 nitrogen and oxygen atoms in total. The fraction of sp³-hybridized carbons (Fsp3) is 0.263. The summed E-state index contributed by atoms with van der Waals surface area (Å²) in [5.74, 6) is -1.83. The standard InChI is InChI=1S/C19H19ClO4/c1-12(2)24-19(22)16(13-8-5-4-6-9-13)18(21)17-14(20)10-7-11-15(17)23-3/h4-12,16H,1-3H3. The van der Waals surface area contributed by atoms with Crippen LogP contribution in [0.25, 0.3) is 0 Å². The summed E-state index contributed by atoms with van der Waals surface area (Å²) in [4.78, 5) is 25.7. The normalized spacial score (nSPS) is 11.9. The van der Waals surface area contributed by atoms with Crippen molar-refractivity contribution in [3.05, 3.63) is 64.7 Å². The summed E-state index contributed by atoms with van der Waals surface area (Å²) >= 11 is 6.19. The second kappa shape index (κ2) is 7.97. The molecule has 0 aliphatic heterocycles. The first kappa shape index (κ1) is 18.0. The molecule has 0 aromatic heterocycles. The molecule has 0 aliphatic carbocycles. The van der Waals surface area contributed by atoms with E-state index in [1.54, 1.807) is 56.3 Å². The molecule has 2 rings (SSSR count). The lowest BCUT2D eigenvalue weighted by Gasteiger charge is -2.19. The SMILES string of the molecule is COc1cccc(Cl)c1C(=O)C(C(=O)OC(C)C)c1ccccc1. The van der Waals surface area contributed by atoms with E-state index in [-0.39, 0.29) is 16.7 Å². The third-order valence-electron chi connectivity index (χ3n) is 3.42. The minimum absolute atomic E-state index is 0.177. The number of rotatable bonds is 6. The summed E-state index contributed by atoms with van der Waals surface area (Å²) < 4.78 is 10.5. The Balaban J connectivity index is 2.52. The molecule has 126 valence electrons. The highest BCUT2D eigenvalue weighted by Gasteiger charge is 2.34. The van der Waals surface area contributed by atoms with Crippen molar-refractivity contribution in [1.82, 2.24) is 0 Å².